The van der Waals surface area contributed by atoms with Crippen molar-refractivity contribution >= 4 is 40.6 Å². The topological polar surface area (TPSA) is 66.9 Å². The number of pyridine rings is 1. The Morgan fingerprint density at radius 3 is 2.78 bits per heavy atom. The van der Waals surface area contributed by atoms with Crippen LogP contribution >= 0.6 is 12.4 Å². The lowest BCUT2D eigenvalue weighted by atomic mass is 10.1. The Hall–Kier alpha value is -3.03. The number of nitrogens with zero attached hydrogens (tertiary/aromatic N) is 3. The molecule has 0 saturated carbocycles. The average molecular weight is 455 g/mol. The third-order valence-corrected chi connectivity index (χ3v) is 6.00. The fraction of sp³-hybridized carbons (Fsp3) is 0.333. The molecule has 1 aromatic heterocycles. The Morgan fingerprint density at radius 2 is 1.97 bits per heavy atom. The van der Waals surface area contributed by atoms with Crippen molar-refractivity contribution in [3.63, 3.8) is 0 Å². The second-order valence-electron chi connectivity index (χ2n) is 7.97. The summed E-state index contributed by atoms with van der Waals surface area (Å²) in [5.74, 6) is 1.51. The second kappa shape index (κ2) is 9.63. The summed E-state index contributed by atoms with van der Waals surface area (Å²) in [4.78, 5) is 21.1. The molecule has 3 heterocycles. The lowest BCUT2D eigenvalue weighted by molar-refractivity contribution is -0.118. The fourth-order valence-corrected chi connectivity index (χ4v) is 4.29. The van der Waals surface area contributed by atoms with Gasteiger partial charge in [0.2, 0.25) is 0 Å². The molecule has 1 amide bonds. The Labute approximate surface area is 193 Å². The van der Waals surface area contributed by atoms with Crippen LogP contribution in [0.1, 0.15) is 5.56 Å². The highest BCUT2D eigenvalue weighted by atomic mass is 35.5. The van der Waals surface area contributed by atoms with E-state index in [1.165, 1.54) is 5.56 Å². The van der Waals surface area contributed by atoms with Gasteiger partial charge in [0.25, 0.3) is 5.91 Å². The first kappa shape index (κ1) is 22.2. The molecule has 2 aliphatic heterocycles. The Bertz CT molecular complexity index is 1120. The molecule has 2 aliphatic rings. The minimum absolute atomic E-state index is 0. The first-order chi connectivity index (χ1) is 15.2. The van der Waals surface area contributed by atoms with Gasteiger partial charge in [-0.1, -0.05) is 12.1 Å². The summed E-state index contributed by atoms with van der Waals surface area (Å²) in [6.45, 7) is 4.97. The molecule has 0 atom stereocenters. The Morgan fingerprint density at radius 1 is 1.12 bits per heavy atom. The maximum absolute atomic E-state index is 11.6. The van der Waals surface area contributed by atoms with E-state index in [9.17, 15) is 4.79 Å². The lowest BCUT2D eigenvalue weighted by Crippen LogP contribution is -2.47. The molecule has 3 aromatic rings. The van der Waals surface area contributed by atoms with Crippen molar-refractivity contribution in [1.82, 2.24) is 9.88 Å². The summed E-state index contributed by atoms with van der Waals surface area (Å²) in [7, 11) is 1.71. The molecule has 1 N–H and O–H groups in total. The van der Waals surface area contributed by atoms with E-state index in [2.05, 4.69) is 38.3 Å². The number of hydrogen-bond acceptors (Lipinski definition) is 6. The SMILES string of the molecule is COc1cc(N2CCN(CCc3ccc4c(c3)NC(=O)CO4)CC2)c2ncccc2c1.Cl. The van der Waals surface area contributed by atoms with Crippen molar-refractivity contribution in [3.8, 4) is 11.5 Å². The van der Waals surface area contributed by atoms with E-state index in [1.54, 1.807) is 7.11 Å². The van der Waals surface area contributed by atoms with Crippen LogP contribution in [0.15, 0.2) is 48.7 Å². The summed E-state index contributed by atoms with van der Waals surface area (Å²) in [6, 6.07) is 14.2. The quantitative estimate of drug-likeness (QED) is 0.637. The smallest absolute Gasteiger partial charge is 0.262 e. The maximum Gasteiger partial charge on any atom is 0.262 e. The molecule has 2 aromatic carbocycles. The van der Waals surface area contributed by atoms with Gasteiger partial charge in [0.05, 0.1) is 24.0 Å². The average Bonchev–Trinajstić information content (AvgIpc) is 2.82. The number of halogens is 1. The highest BCUT2D eigenvalue weighted by Gasteiger charge is 2.21. The van der Waals surface area contributed by atoms with Crippen LogP contribution in [0.2, 0.25) is 0 Å². The molecule has 8 heteroatoms. The number of anilines is 2. The van der Waals surface area contributed by atoms with E-state index < -0.39 is 0 Å². The summed E-state index contributed by atoms with van der Waals surface area (Å²) < 4.78 is 11.0. The van der Waals surface area contributed by atoms with Gasteiger partial charge in [0.1, 0.15) is 11.5 Å². The van der Waals surface area contributed by atoms with Gasteiger partial charge in [0.15, 0.2) is 6.61 Å². The van der Waals surface area contributed by atoms with Crippen molar-refractivity contribution in [2.24, 2.45) is 0 Å². The van der Waals surface area contributed by atoms with E-state index in [0.717, 1.165) is 72.9 Å². The second-order valence-corrected chi connectivity index (χ2v) is 7.97. The van der Waals surface area contributed by atoms with Gasteiger partial charge in [-0.25, -0.2) is 0 Å². The predicted molar refractivity (Wildman–Crippen MR) is 128 cm³/mol. The molecule has 0 unspecified atom stereocenters. The number of fused-ring (bicyclic) bond motifs is 2. The summed E-state index contributed by atoms with van der Waals surface area (Å²) in [5, 5.41) is 3.99. The minimum Gasteiger partial charge on any atom is -0.497 e. The van der Waals surface area contributed by atoms with Crippen LogP contribution in [0, 0.1) is 0 Å². The number of nitrogens with one attached hydrogen (secondary N) is 1. The van der Waals surface area contributed by atoms with Gasteiger partial charge < -0.3 is 19.7 Å². The lowest BCUT2D eigenvalue weighted by Gasteiger charge is -2.36. The molecule has 0 aliphatic carbocycles. The van der Waals surface area contributed by atoms with Crippen LogP contribution in [-0.2, 0) is 11.2 Å². The van der Waals surface area contributed by atoms with Crippen LogP contribution in [0.4, 0.5) is 11.4 Å². The van der Waals surface area contributed by atoms with Crippen molar-refractivity contribution in [2.75, 3.05) is 56.7 Å². The summed E-state index contributed by atoms with van der Waals surface area (Å²) in [5.41, 5.74) is 4.14. The van der Waals surface area contributed by atoms with Gasteiger partial charge in [0, 0.05) is 50.4 Å². The number of benzene rings is 2. The predicted octanol–water partition coefficient (Wildman–Crippen LogP) is 3.36. The number of carbonyl (C=O) groups is 1. The summed E-state index contributed by atoms with van der Waals surface area (Å²) in [6.07, 6.45) is 2.79. The number of methoxy groups -OCH3 is 1. The number of aromatic nitrogens is 1. The van der Waals surface area contributed by atoms with E-state index in [4.69, 9.17) is 9.47 Å². The van der Waals surface area contributed by atoms with Crippen molar-refractivity contribution in [2.45, 2.75) is 6.42 Å². The van der Waals surface area contributed by atoms with Crippen LogP contribution in [-0.4, -0.2) is 62.2 Å². The van der Waals surface area contributed by atoms with Crippen LogP contribution in [0.3, 0.4) is 0 Å². The zero-order chi connectivity index (χ0) is 21.2. The standard InChI is InChI=1S/C24H26N4O3.ClH/c1-30-19-14-18-3-2-7-25-24(18)21(15-19)28-11-9-27(10-12-28)8-6-17-4-5-22-20(13-17)26-23(29)16-31-22;/h2-5,7,13-15H,6,8-12,16H2,1H3,(H,26,29);1H. The van der Waals surface area contributed by atoms with Gasteiger partial charge in [-0.15, -0.1) is 12.4 Å². The van der Waals surface area contributed by atoms with Crippen molar-refractivity contribution in [3.05, 3.63) is 54.2 Å². The Balaban J connectivity index is 0.00000245. The van der Waals surface area contributed by atoms with Gasteiger partial charge >= 0.3 is 0 Å². The largest absolute Gasteiger partial charge is 0.497 e. The Kier molecular flexibility index (Phi) is 6.67. The molecule has 5 rings (SSSR count). The molecular weight excluding hydrogens is 428 g/mol. The molecular formula is C24H27ClN4O3. The maximum atomic E-state index is 11.6. The molecule has 1 fully saturated rings. The van der Waals surface area contributed by atoms with Gasteiger partial charge in [-0.2, -0.15) is 0 Å². The van der Waals surface area contributed by atoms with E-state index >= 15 is 0 Å². The van der Waals surface area contributed by atoms with E-state index in [1.807, 2.05) is 30.5 Å². The number of carbonyl (C=O) groups excluding carboxylic acids is 1. The van der Waals surface area contributed by atoms with Gasteiger partial charge in [-0.05, 0) is 36.2 Å². The number of amides is 1. The van der Waals surface area contributed by atoms with Crippen molar-refractivity contribution in [1.29, 1.82) is 0 Å². The molecule has 0 spiro atoms. The monoisotopic (exact) mass is 454 g/mol. The third-order valence-electron chi connectivity index (χ3n) is 6.00. The van der Waals surface area contributed by atoms with Crippen LogP contribution in [0.5, 0.6) is 11.5 Å². The normalized spacial score (nSPS) is 16.0. The van der Waals surface area contributed by atoms with Gasteiger partial charge in [-0.3, -0.25) is 14.7 Å². The molecule has 32 heavy (non-hydrogen) atoms. The zero-order valence-electron chi connectivity index (χ0n) is 18.0. The summed E-state index contributed by atoms with van der Waals surface area (Å²) >= 11 is 0. The number of hydrogen-bond donors (Lipinski definition) is 1. The number of ether oxygens (including phenoxy) is 2. The van der Waals surface area contributed by atoms with Crippen LogP contribution in [0.25, 0.3) is 10.9 Å². The zero-order valence-corrected chi connectivity index (χ0v) is 18.9. The molecule has 1 saturated heterocycles. The van der Waals surface area contributed by atoms with Crippen molar-refractivity contribution < 1.29 is 14.3 Å². The third kappa shape index (κ3) is 4.59. The first-order valence-electron chi connectivity index (χ1n) is 10.7. The number of piperazine rings is 1. The first-order valence-corrected chi connectivity index (χ1v) is 10.7. The molecule has 168 valence electrons. The molecule has 0 bridgehead atoms. The van der Waals surface area contributed by atoms with E-state index in [-0.39, 0.29) is 24.9 Å². The highest BCUT2D eigenvalue weighted by Crippen LogP contribution is 2.31. The molecule has 0 radical (unpaired) electrons. The fourth-order valence-electron chi connectivity index (χ4n) is 4.29. The minimum atomic E-state index is -0.0969. The highest BCUT2D eigenvalue weighted by molar-refractivity contribution is 5.95. The van der Waals surface area contributed by atoms with E-state index in [0.29, 0.717) is 0 Å². The molecule has 7 nitrogen and oxygen atoms in total. The number of rotatable bonds is 5. The van der Waals surface area contributed by atoms with Crippen LogP contribution < -0.4 is 19.7 Å².